The Morgan fingerprint density at radius 2 is 1.82 bits per heavy atom. The Morgan fingerprint density at radius 3 is 2.53 bits per heavy atom. The van der Waals surface area contributed by atoms with Crippen LogP contribution in [0.4, 0.5) is 24.5 Å². The number of halogens is 3. The Kier molecular flexibility index (Phi) is 6.83. The second-order valence-corrected chi connectivity index (χ2v) is 8.54. The molecule has 0 spiro atoms. The summed E-state index contributed by atoms with van der Waals surface area (Å²) >= 11 is 1.41. The predicted octanol–water partition coefficient (Wildman–Crippen LogP) is 6.14. The van der Waals surface area contributed by atoms with E-state index in [0.717, 1.165) is 12.1 Å². The van der Waals surface area contributed by atoms with Crippen LogP contribution in [0.1, 0.15) is 33.8 Å². The van der Waals surface area contributed by atoms with Crippen molar-refractivity contribution in [2.45, 2.75) is 18.5 Å². The summed E-state index contributed by atoms with van der Waals surface area (Å²) in [6.45, 7) is 2.41. The molecule has 3 aromatic rings. The summed E-state index contributed by atoms with van der Waals surface area (Å²) in [7, 11) is 0. The van der Waals surface area contributed by atoms with Gasteiger partial charge in [-0.15, -0.1) is 11.8 Å². The average molecular weight is 487 g/mol. The highest BCUT2D eigenvalue weighted by atomic mass is 32.2. The Bertz CT molecular complexity index is 1200. The number of nitrogens with zero attached hydrogens (tertiary/aromatic N) is 1. The van der Waals surface area contributed by atoms with Crippen molar-refractivity contribution >= 4 is 35.0 Å². The topological polar surface area (TPSA) is 58.6 Å². The molecule has 1 N–H and O–H groups in total. The number of alkyl halides is 3. The van der Waals surface area contributed by atoms with Gasteiger partial charge >= 0.3 is 6.18 Å². The molecule has 9 heteroatoms. The number of rotatable bonds is 6. The van der Waals surface area contributed by atoms with Crippen LogP contribution in [0, 0.1) is 0 Å². The fourth-order valence-electron chi connectivity index (χ4n) is 3.66. The van der Waals surface area contributed by atoms with Crippen molar-refractivity contribution < 1.29 is 27.5 Å². The van der Waals surface area contributed by atoms with Gasteiger partial charge in [-0.1, -0.05) is 24.3 Å². The molecule has 5 nitrogen and oxygen atoms in total. The van der Waals surface area contributed by atoms with Crippen molar-refractivity contribution in [3.63, 3.8) is 0 Å². The van der Waals surface area contributed by atoms with E-state index in [2.05, 4.69) is 5.32 Å². The number of nitrogens with one attached hydrogen (secondary N) is 1. The number of anilines is 2. The van der Waals surface area contributed by atoms with Gasteiger partial charge in [0, 0.05) is 22.5 Å². The molecular weight excluding hydrogens is 465 g/mol. The molecule has 1 aliphatic rings. The van der Waals surface area contributed by atoms with E-state index in [1.807, 2.05) is 6.92 Å². The molecule has 0 bridgehead atoms. The van der Waals surface area contributed by atoms with Gasteiger partial charge in [-0.3, -0.25) is 14.5 Å². The third-order valence-electron chi connectivity index (χ3n) is 5.22. The van der Waals surface area contributed by atoms with E-state index in [0.29, 0.717) is 29.3 Å². The largest absolute Gasteiger partial charge is 0.494 e. The molecule has 34 heavy (non-hydrogen) atoms. The van der Waals surface area contributed by atoms with Crippen molar-refractivity contribution in [2.24, 2.45) is 0 Å². The number of para-hydroxylation sites is 1. The zero-order valence-electron chi connectivity index (χ0n) is 18.1. The minimum Gasteiger partial charge on any atom is -0.494 e. The van der Waals surface area contributed by atoms with Crippen molar-refractivity contribution in [2.75, 3.05) is 22.6 Å². The minimum absolute atomic E-state index is 0.0850. The predicted molar refractivity (Wildman–Crippen MR) is 126 cm³/mol. The zero-order valence-corrected chi connectivity index (χ0v) is 19.0. The Labute approximate surface area is 198 Å². The van der Waals surface area contributed by atoms with Crippen LogP contribution in [-0.4, -0.2) is 24.2 Å². The Balaban J connectivity index is 1.61. The van der Waals surface area contributed by atoms with Gasteiger partial charge in [-0.2, -0.15) is 13.2 Å². The van der Waals surface area contributed by atoms with E-state index < -0.39 is 23.0 Å². The van der Waals surface area contributed by atoms with Gasteiger partial charge in [0.2, 0.25) is 5.91 Å². The number of carbonyl (C=O) groups excluding carboxylic acids is 2. The van der Waals surface area contributed by atoms with Gasteiger partial charge in [0.15, 0.2) is 0 Å². The van der Waals surface area contributed by atoms with Crippen LogP contribution in [0.25, 0.3) is 0 Å². The molecule has 0 saturated carbocycles. The van der Waals surface area contributed by atoms with Gasteiger partial charge in [-0.25, -0.2) is 0 Å². The standard InChI is InChI=1S/C25H21F3N2O3S/c1-2-33-19-12-10-18(11-13-19)30-22(31)15-34-24(30)20-8-3-4-9-21(20)29-23(32)16-6-5-7-17(14-16)25(26,27)28/h3-14,24H,2,15H2,1H3,(H,29,32)/t24-/m0/s1. The molecule has 1 heterocycles. The summed E-state index contributed by atoms with van der Waals surface area (Å²) in [4.78, 5) is 27.2. The van der Waals surface area contributed by atoms with E-state index in [4.69, 9.17) is 4.74 Å². The summed E-state index contributed by atoms with van der Waals surface area (Å²) in [5.74, 6) is 0.197. The molecule has 4 rings (SSSR count). The lowest BCUT2D eigenvalue weighted by atomic mass is 10.1. The Morgan fingerprint density at radius 1 is 1.09 bits per heavy atom. The second-order valence-electron chi connectivity index (χ2n) is 7.47. The molecule has 1 saturated heterocycles. The van der Waals surface area contributed by atoms with Crippen LogP contribution < -0.4 is 15.0 Å². The first-order chi connectivity index (χ1) is 16.3. The molecule has 2 amide bonds. The normalized spacial score (nSPS) is 15.9. The number of carbonyl (C=O) groups is 2. The molecule has 0 radical (unpaired) electrons. The highest BCUT2D eigenvalue weighted by Crippen LogP contribution is 2.44. The SMILES string of the molecule is CCOc1ccc(N2C(=O)CS[C@H]2c2ccccc2NC(=O)c2cccc(C(F)(F)F)c2)cc1. The smallest absolute Gasteiger partial charge is 0.416 e. The first-order valence-corrected chi connectivity index (χ1v) is 11.6. The number of ether oxygens (including phenoxy) is 1. The lowest BCUT2D eigenvalue weighted by molar-refractivity contribution is -0.137. The quantitative estimate of drug-likeness (QED) is 0.455. The van der Waals surface area contributed by atoms with Gasteiger partial charge in [0.05, 0.1) is 17.9 Å². The lowest BCUT2D eigenvalue weighted by Crippen LogP contribution is -2.28. The fraction of sp³-hybridized carbons (Fsp3) is 0.200. The summed E-state index contributed by atoms with van der Waals surface area (Å²) in [6, 6.07) is 18.4. The van der Waals surface area contributed by atoms with Crippen molar-refractivity contribution in [3.05, 3.63) is 89.5 Å². The van der Waals surface area contributed by atoms with Crippen molar-refractivity contribution in [1.29, 1.82) is 0 Å². The highest BCUT2D eigenvalue weighted by molar-refractivity contribution is 8.00. The molecule has 0 aromatic heterocycles. The lowest BCUT2D eigenvalue weighted by Gasteiger charge is -2.26. The molecule has 1 atom stereocenters. The third-order valence-corrected chi connectivity index (χ3v) is 6.42. The maximum Gasteiger partial charge on any atom is 0.416 e. The Hall–Kier alpha value is -3.46. The van der Waals surface area contributed by atoms with Crippen LogP contribution in [0.15, 0.2) is 72.8 Å². The van der Waals surface area contributed by atoms with Crippen LogP contribution in [0.2, 0.25) is 0 Å². The fourth-order valence-corrected chi connectivity index (χ4v) is 4.87. The number of amides is 2. The van der Waals surface area contributed by atoms with Crippen LogP contribution in [0.5, 0.6) is 5.75 Å². The molecule has 0 aliphatic carbocycles. The van der Waals surface area contributed by atoms with Crippen LogP contribution in [-0.2, 0) is 11.0 Å². The summed E-state index contributed by atoms with van der Waals surface area (Å²) in [5.41, 5.74) is 0.776. The van der Waals surface area contributed by atoms with Gasteiger partial charge in [0.1, 0.15) is 11.1 Å². The first kappa shape index (κ1) is 23.7. The van der Waals surface area contributed by atoms with Crippen LogP contribution >= 0.6 is 11.8 Å². The summed E-state index contributed by atoms with van der Waals surface area (Å²) < 4.78 is 44.6. The van der Waals surface area contributed by atoms with E-state index in [1.54, 1.807) is 53.4 Å². The van der Waals surface area contributed by atoms with E-state index >= 15 is 0 Å². The zero-order chi connectivity index (χ0) is 24.3. The number of hydrogen-bond acceptors (Lipinski definition) is 4. The highest BCUT2D eigenvalue weighted by Gasteiger charge is 2.36. The van der Waals surface area contributed by atoms with Crippen molar-refractivity contribution in [3.8, 4) is 5.75 Å². The maximum absolute atomic E-state index is 13.1. The number of benzene rings is 3. The molecule has 1 fully saturated rings. The molecule has 3 aromatic carbocycles. The van der Waals surface area contributed by atoms with Gasteiger partial charge in [0.25, 0.3) is 5.91 Å². The third kappa shape index (κ3) is 5.04. The first-order valence-electron chi connectivity index (χ1n) is 10.5. The molecular formula is C25H21F3N2O3S. The molecule has 176 valence electrons. The van der Waals surface area contributed by atoms with Crippen LogP contribution in [0.3, 0.4) is 0 Å². The van der Waals surface area contributed by atoms with Gasteiger partial charge < -0.3 is 10.1 Å². The monoisotopic (exact) mass is 486 g/mol. The average Bonchev–Trinajstić information content (AvgIpc) is 3.21. The maximum atomic E-state index is 13.1. The number of hydrogen-bond donors (Lipinski definition) is 1. The minimum atomic E-state index is -4.55. The molecule has 1 aliphatic heterocycles. The number of thioether (sulfide) groups is 1. The van der Waals surface area contributed by atoms with E-state index in [-0.39, 0.29) is 17.2 Å². The molecule has 0 unspecified atom stereocenters. The van der Waals surface area contributed by atoms with Crippen molar-refractivity contribution in [1.82, 2.24) is 0 Å². The summed E-state index contributed by atoms with van der Waals surface area (Å²) in [5, 5.41) is 2.30. The van der Waals surface area contributed by atoms with E-state index in [1.165, 1.54) is 23.9 Å². The van der Waals surface area contributed by atoms with Gasteiger partial charge in [-0.05, 0) is 55.5 Å². The second kappa shape index (κ2) is 9.80. The van der Waals surface area contributed by atoms with E-state index in [9.17, 15) is 22.8 Å². The summed E-state index contributed by atoms with van der Waals surface area (Å²) in [6.07, 6.45) is -4.55.